The van der Waals surface area contributed by atoms with E-state index in [1.54, 1.807) is 32.0 Å². The topological polar surface area (TPSA) is 54.7 Å². The molecule has 2 heterocycles. The molecule has 2 aliphatic rings. The van der Waals surface area contributed by atoms with Crippen molar-refractivity contribution in [3.8, 4) is 0 Å². The molecule has 1 aliphatic heterocycles. The van der Waals surface area contributed by atoms with Crippen molar-refractivity contribution in [3.63, 3.8) is 0 Å². The number of carbonyl (C=O) groups is 1. The van der Waals surface area contributed by atoms with E-state index in [4.69, 9.17) is 11.6 Å². The van der Waals surface area contributed by atoms with E-state index < -0.39 is 59.0 Å². The Hall–Kier alpha value is -4.05. The molecule has 0 N–H and O–H groups in total. The molecule has 2 aromatic carbocycles. The van der Waals surface area contributed by atoms with Gasteiger partial charge in [-0.1, -0.05) is 35.9 Å². The summed E-state index contributed by atoms with van der Waals surface area (Å²) in [6.07, 6.45) is 4.23. The lowest BCUT2D eigenvalue weighted by atomic mass is 10.0. The average molecular weight is 602 g/mol. The molecule has 1 amide bonds. The van der Waals surface area contributed by atoms with Gasteiger partial charge in [-0.3, -0.25) is 19.1 Å². The molecule has 11 heteroatoms. The molecule has 2 fully saturated rings. The van der Waals surface area contributed by atoms with Gasteiger partial charge >= 0.3 is 0 Å². The molecule has 1 aliphatic carbocycles. The van der Waals surface area contributed by atoms with Crippen LogP contribution in [0.25, 0.3) is 6.20 Å². The highest BCUT2D eigenvalue weighted by Crippen LogP contribution is 2.55. The third kappa shape index (κ3) is 5.68. The molecule has 1 aromatic heterocycles. The van der Waals surface area contributed by atoms with E-state index in [0.717, 1.165) is 27.3 Å². The number of rotatable bonds is 7. The Morgan fingerprint density at radius 1 is 1.07 bits per heavy atom. The number of amides is 1. The number of hydrogen-bond acceptors (Lipinski definition) is 3. The Morgan fingerprint density at radius 2 is 1.74 bits per heavy atom. The Balaban J connectivity index is 1.47. The van der Waals surface area contributed by atoms with Gasteiger partial charge in [-0.05, 0) is 73.6 Å². The summed E-state index contributed by atoms with van der Waals surface area (Å²) >= 11 is 6.45. The first kappa shape index (κ1) is 29.4. The second kappa shape index (κ2) is 11.3. The van der Waals surface area contributed by atoms with Crippen LogP contribution in [0.4, 0.5) is 22.0 Å². The minimum Gasteiger partial charge on any atom is -0.326 e. The number of aliphatic imine (C=N–C) groups is 1. The predicted octanol–water partition coefficient (Wildman–Crippen LogP) is 7.24. The minimum atomic E-state index is -3.04. The number of hydrogen-bond donors (Lipinski definition) is 0. The Kier molecular flexibility index (Phi) is 7.94. The summed E-state index contributed by atoms with van der Waals surface area (Å²) in [4.78, 5) is 30.7. The predicted molar refractivity (Wildman–Crippen MR) is 151 cm³/mol. The van der Waals surface area contributed by atoms with Gasteiger partial charge < -0.3 is 4.90 Å². The number of carbonyl (C=O) groups excluding carboxylic acids is 1. The quantitative estimate of drug-likeness (QED) is 0.212. The molecule has 218 valence electrons. The van der Waals surface area contributed by atoms with Crippen LogP contribution in [-0.2, 0) is 0 Å². The van der Waals surface area contributed by atoms with E-state index in [0.29, 0.717) is 17.7 Å². The van der Waals surface area contributed by atoms with Crippen molar-refractivity contribution in [2.75, 3.05) is 13.1 Å². The lowest BCUT2D eigenvalue weighted by Gasteiger charge is -2.38. The van der Waals surface area contributed by atoms with Crippen molar-refractivity contribution >= 4 is 29.4 Å². The molecule has 0 bridgehead atoms. The molecule has 3 aromatic rings. The number of aryl methyl sites for hydroxylation is 1. The molecule has 5 rings (SSSR count). The molecule has 0 radical (unpaired) electrons. The van der Waals surface area contributed by atoms with Crippen LogP contribution in [0.2, 0.25) is 5.02 Å². The zero-order valence-corrected chi connectivity index (χ0v) is 23.3. The van der Waals surface area contributed by atoms with Gasteiger partial charge in [-0.2, -0.15) is 0 Å². The van der Waals surface area contributed by atoms with E-state index >= 15 is 8.78 Å². The summed E-state index contributed by atoms with van der Waals surface area (Å²) in [6, 6.07) is 11.4. The van der Waals surface area contributed by atoms with E-state index in [1.807, 2.05) is 0 Å². The number of likely N-dealkylation sites (tertiary alicyclic amines) is 1. The van der Waals surface area contributed by atoms with E-state index in [1.165, 1.54) is 36.5 Å². The molecule has 2 atom stereocenters. The summed E-state index contributed by atoms with van der Waals surface area (Å²) < 4.78 is 72.2. The van der Waals surface area contributed by atoms with E-state index in [-0.39, 0.29) is 22.7 Å². The number of allylic oxidation sites excluding steroid dienone is 2. The molecule has 5 nitrogen and oxygen atoms in total. The number of alkyl halides is 2. The van der Waals surface area contributed by atoms with Crippen molar-refractivity contribution in [3.05, 3.63) is 122 Å². The van der Waals surface area contributed by atoms with E-state index in [9.17, 15) is 22.8 Å². The SMILES string of the molecule is C/C=C/N=C(/C(F)=C/n1c(C)cc(C2CC2c2ccc(F)cc2)c(Cl)c1=O)c1cccc(C(=O)N2CC(F)(F)C2)c1F. The lowest BCUT2D eigenvalue weighted by molar-refractivity contribution is -0.113. The van der Waals surface area contributed by atoms with Crippen LogP contribution in [0.3, 0.4) is 0 Å². The van der Waals surface area contributed by atoms with Crippen molar-refractivity contribution in [2.24, 2.45) is 4.99 Å². The maximum atomic E-state index is 15.8. The molecule has 1 saturated carbocycles. The van der Waals surface area contributed by atoms with Gasteiger partial charge in [-0.15, -0.1) is 0 Å². The molecular formula is C31H25ClF5N3O2. The second-order valence-corrected chi connectivity index (χ2v) is 10.7. The lowest BCUT2D eigenvalue weighted by Crippen LogP contribution is -2.58. The van der Waals surface area contributed by atoms with Crippen LogP contribution in [0.1, 0.15) is 57.9 Å². The van der Waals surface area contributed by atoms with Gasteiger partial charge in [0.1, 0.15) is 22.4 Å². The molecule has 2 unspecified atom stereocenters. The summed E-state index contributed by atoms with van der Waals surface area (Å²) in [5.74, 6) is -6.59. The Morgan fingerprint density at radius 3 is 2.38 bits per heavy atom. The highest BCUT2D eigenvalue weighted by Gasteiger charge is 2.47. The highest BCUT2D eigenvalue weighted by molar-refractivity contribution is 6.31. The van der Waals surface area contributed by atoms with Crippen LogP contribution < -0.4 is 5.56 Å². The maximum absolute atomic E-state index is 15.8. The van der Waals surface area contributed by atoms with Crippen LogP contribution in [0, 0.1) is 18.6 Å². The normalized spacial score (nSPS) is 20.1. The first-order valence-corrected chi connectivity index (χ1v) is 13.5. The largest absolute Gasteiger partial charge is 0.326 e. The molecule has 0 spiro atoms. The van der Waals surface area contributed by atoms with Crippen LogP contribution in [-0.4, -0.2) is 40.1 Å². The first-order valence-electron chi connectivity index (χ1n) is 13.1. The monoisotopic (exact) mass is 601 g/mol. The Bertz CT molecular complexity index is 1700. The average Bonchev–Trinajstić information content (AvgIpc) is 3.73. The van der Waals surface area contributed by atoms with Crippen LogP contribution >= 0.6 is 11.6 Å². The van der Waals surface area contributed by atoms with Gasteiger partial charge in [0.05, 0.1) is 24.9 Å². The summed E-state index contributed by atoms with van der Waals surface area (Å²) in [7, 11) is 0. The standard InChI is InChI=1S/C31H25ClF5N3O2/c1-3-11-38-28(20-5-4-6-21(27(20)35)29(41)39-15-31(36,37)16-39)25(34)14-40-17(2)12-24(26(32)30(40)42)23-13-22(23)18-7-9-19(33)10-8-18/h3-12,14,22-23H,13,15-16H2,1-2H3/b11-3+,25-14-,38-28+. The van der Waals surface area contributed by atoms with E-state index in [2.05, 4.69) is 4.99 Å². The summed E-state index contributed by atoms with van der Waals surface area (Å²) in [5.41, 5.74) is -0.249. The number of benzene rings is 2. The minimum absolute atomic E-state index is 0.0602. The van der Waals surface area contributed by atoms with Crippen molar-refractivity contribution in [1.29, 1.82) is 0 Å². The van der Waals surface area contributed by atoms with Crippen LogP contribution in [0.5, 0.6) is 0 Å². The van der Waals surface area contributed by atoms with Crippen molar-refractivity contribution in [2.45, 2.75) is 38.0 Å². The van der Waals surface area contributed by atoms with Gasteiger partial charge in [0.15, 0.2) is 5.83 Å². The maximum Gasteiger partial charge on any atom is 0.282 e. The number of aromatic nitrogens is 1. The van der Waals surface area contributed by atoms with Crippen molar-refractivity contribution in [1.82, 2.24) is 9.47 Å². The zero-order chi connectivity index (χ0) is 30.3. The number of nitrogens with zero attached hydrogens (tertiary/aromatic N) is 3. The summed E-state index contributed by atoms with van der Waals surface area (Å²) in [6.45, 7) is 1.51. The van der Waals surface area contributed by atoms with Gasteiger partial charge in [0.2, 0.25) is 0 Å². The smallest absolute Gasteiger partial charge is 0.282 e. The fourth-order valence-electron chi connectivity index (χ4n) is 5.08. The summed E-state index contributed by atoms with van der Waals surface area (Å²) in [5, 5.41) is -0.101. The molecule has 1 saturated heterocycles. The zero-order valence-electron chi connectivity index (χ0n) is 22.6. The first-order chi connectivity index (χ1) is 19.9. The molecule has 42 heavy (non-hydrogen) atoms. The fourth-order valence-corrected chi connectivity index (χ4v) is 5.37. The van der Waals surface area contributed by atoms with Gasteiger partial charge in [0, 0.05) is 17.5 Å². The number of halogens is 6. The third-order valence-corrected chi connectivity index (χ3v) is 7.71. The second-order valence-electron chi connectivity index (χ2n) is 10.4. The molecular weight excluding hydrogens is 577 g/mol. The third-order valence-electron chi connectivity index (χ3n) is 7.33. The van der Waals surface area contributed by atoms with Gasteiger partial charge in [0.25, 0.3) is 17.4 Å². The van der Waals surface area contributed by atoms with Crippen LogP contribution in [0.15, 0.2) is 76.4 Å². The van der Waals surface area contributed by atoms with Gasteiger partial charge in [-0.25, -0.2) is 22.0 Å². The Labute approximate surface area is 243 Å². The van der Waals surface area contributed by atoms with Crippen molar-refractivity contribution < 1.29 is 26.7 Å². The fraction of sp³-hybridized carbons (Fsp3) is 0.258. The number of pyridine rings is 1. The highest BCUT2D eigenvalue weighted by atomic mass is 35.5.